The van der Waals surface area contributed by atoms with E-state index in [1.807, 2.05) is 25.2 Å². The molecule has 1 heterocycles. The third-order valence-corrected chi connectivity index (χ3v) is 3.27. The van der Waals surface area contributed by atoms with Gasteiger partial charge in [-0.05, 0) is 32.2 Å². The van der Waals surface area contributed by atoms with Crippen LogP contribution in [-0.4, -0.2) is 18.7 Å². The highest BCUT2D eigenvalue weighted by molar-refractivity contribution is 5.34. The molecule has 2 rings (SSSR count). The van der Waals surface area contributed by atoms with Crippen LogP contribution in [-0.2, 0) is 6.54 Å². The minimum atomic E-state index is 0.342. The smallest absolute Gasteiger partial charge is 0.123 e. The van der Waals surface area contributed by atoms with Crippen molar-refractivity contribution in [1.82, 2.24) is 9.88 Å². The molecule has 0 saturated heterocycles. The number of methoxy groups -OCH3 is 1. The summed E-state index contributed by atoms with van der Waals surface area (Å²) in [4.78, 5) is 0. The number of nitrogens with zero attached hydrogens (tertiary/aromatic N) is 1. The second-order valence-corrected chi connectivity index (χ2v) is 4.38. The number of aromatic nitrogens is 1. The lowest BCUT2D eigenvalue weighted by Gasteiger charge is -2.16. The van der Waals surface area contributed by atoms with Gasteiger partial charge in [-0.1, -0.05) is 18.2 Å². The van der Waals surface area contributed by atoms with Crippen LogP contribution in [0.2, 0.25) is 0 Å². The summed E-state index contributed by atoms with van der Waals surface area (Å²) < 4.78 is 7.64. The van der Waals surface area contributed by atoms with Gasteiger partial charge in [0.1, 0.15) is 5.75 Å². The maximum atomic E-state index is 5.39. The van der Waals surface area contributed by atoms with E-state index in [0.717, 1.165) is 12.3 Å². The van der Waals surface area contributed by atoms with Crippen LogP contribution in [0.15, 0.2) is 42.6 Å². The lowest BCUT2D eigenvalue weighted by molar-refractivity contribution is 0.408. The second kappa shape index (κ2) is 5.74. The van der Waals surface area contributed by atoms with Gasteiger partial charge >= 0.3 is 0 Å². The average molecular weight is 244 g/mol. The monoisotopic (exact) mass is 244 g/mol. The molecule has 2 aromatic rings. The zero-order valence-electron chi connectivity index (χ0n) is 11.2. The largest absolute Gasteiger partial charge is 0.496 e. The van der Waals surface area contributed by atoms with E-state index >= 15 is 0 Å². The van der Waals surface area contributed by atoms with E-state index in [9.17, 15) is 0 Å². The minimum Gasteiger partial charge on any atom is -0.496 e. The van der Waals surface area contributed by atoms with Crippen LogP contribution >= 0.6 is 0 Å². The molecule has 3 nitrogen and oxygen atoms in total. The van der Waals surface area contributed by atoms with Gasteiger partial charge in [-0.15, -0.1) is 0 Å². The van der Waals surface area contributed by atoms with Crippen LogP contribution in [0.25, 0.3) is 0 Å². The summed E-state index contributed by atoms with van der Waals surface area (Å²) in [5.41, 5.74) is 2.48. The maximum absolute atomic E-state index is 5.39. The molecule has 0 amide bonds. The van der Waals surface area contributed by atoms with Gasteiger partial charge < -0.3 is 14.6 Å². The van der Waals surface area contributed by atoms with Gasteiger partial charge in [-0.25, -0.2) is 0 Å². The molecule has 0 saturated carbocycles. The lowest BCUT2D eigenvalue weighted by Crippen LogP contribution is -2.17. The average Bonchev–Trinajstić information content (AvgIpc) is 2.86. The molecule has 0 bridgehead atoms. The van der Waals surface area contributed by atoms with Crippen molar-refractivity contribution in [2.75, 3.05) is 14.2 Å². The minimum absolute atomic E-state index is 0.342. The SMILES string of the molecule is CNC(C)c1cccn1Cc1ccccc1OC. The first-order chi connectivity index (χ1) is 8.76. The molecule has 1 aromatic carbocycles. The molecule has 0 aliphatic carbocycles. The Morgan fingerprint density at radius 1 is 1.22 bits per heavy atom. The van der Waals surface area contributed by atoms with Crippen LogP contribution in [0.4, 0.5) is 0 Å². The Bertz CT molecular complexity index is 505. The van der Waals surface area contributed by atoms with Gasteiger partial charge in [0, 0.05) is 23.5 Å². The highest BCUT2D eigenvalue weighted by Gasteiger charge is 2.09. The van der Waals surface area contributed by atoms with E-state index in [1.54, 1.807) is 7.11 Å². The molecular weight excluding hydrogens is 224 g/mol. The van der Waals surface area contributed by atoms with Gasteiger partial charge in [0.25, 0.3) is 0 Å². The number of nitrogens with one attached hydrogen (secondary N) is 1. The summed E-state index contributed by atoms with van der Waals surface area (Å²) in [6.45, 7) is 2.99. The third-order valence-electron chi connectivity index (χ3n) is 3.27. The zero-order valence-corrected chi connectivity index (χ0v) is 11.2. The van der Waals surface area contributed by atoms with E-state index in [4.69, 9.17) is 4.74 Å². The Kier molecular flexibility index (Phi) is 4.05. The van der Waals surface area contributed by atoms with Crippen molar-refractivity contribution < 1.29 is 4.74 Å². The molecule has 18 heavy (non-hydrogen) atoms. The number of ether oxygens (including phenoxy) is 1. The molecule has 0 fully saturated rings. The first-order valence-electron chi connectivity index (χ1n) is 6.20. The summed E-state index contributed by atoms with van der Waals surface area (Å²) in [6.07, 6.45) is 2.11. The van der Waals surface area contributed by atoms with Crippen molar-refractivity contribution in [3.05, 3.63) is 53.9 Å². The van der Waals surface area contributed by atoms with Crippen molar-refractivity contribution in [3.63, 3.8) is 0 Å². The van der Waals surface area contributed by atoms with Crippen LogP contribution in [0.3, 0.4) is 0 Å². The van der Waals surface area contributed by atoms with Gasteiger partial charge in [0.2, 0.25) is 0 Å². The first-order valence-corrected chi connectivity index (χ1v) is 6.20. The van der Waals surface area contributed by atoms with E-state index in [-0.39, 0.29) is 0 Å². The van der Waals surface area contributed by atoms with Crippen LogP contribution in [0.1, 0.15) is 24.2 Å². The standard InChI is InChI=1S/C15H20N2O/c1-12(16-2)14-8-6-10-17(14)11-13-7-4-5-9-15(13)18-3/h4-10,12,16H,11H2,1-3H3. The molecule has 0 radical (unpaired) electrons. The first kappa shape index (κ1) is 12.7. The number of hydrogen-bond donors (Lipinski definition) is 1. The van der Waals surface area contributed by atoms with E-state index < -0.39 is 0 Å². The number of benzene rings is 1. The van der Waals surface area contributed by atoms with Crippen molar-refractivity contribution in [3.8, 4) is 5.75 Å². The normalized spacial score (nSPS) is 12.4. The van der Waals surface area contributed by atoms with Gasteiger partial charge in [0.05, 0.1) is 13.7 Å². The summed E-state index contributed by atoms with van der Waals surface area (Å²) in [5.74, 6) is 0.939. The second-order valence-electron chi connectivity index (χ2n) is 4.38. The zero-order chi connectivity index (χ0) is 13.0. The molecule has 1 N–H and O–H groups in total. The number of rotatable bonds is 5. The molecule has 0 aliphatic rings. The fraction of sp³-hybridized carbons (Fsp3) is 0.333. The molecular formula is C15H20N2O. The third kappa shape index (κ3) is 2.57. The Morgan fingerprint density at radius 2 is 2.00 bits per heavy atom. The van der Waals surface area contributed by atoms with Crippen molar-refractivity contribution in [2.24, 2.45) is 0 Å². The summed E-state index contributed by atoms with van der Waals surface area (Å²) in [5, 5.41) is 3.27. The predicted molar refractivity (Wildman–Crippen MR) is 74.0 cm³/mol. The van der Waals surface area contributed by atoms with Crippen molar-refractivity contribution in [2.45, 2.75) is 19.5 Å². The molecule has 0 aliphatic heterocycles. The summed E-state index contributed by atoms with van der Waals surface area (Å²) in [7, 11) is 3.69. The molecule has 0 spiro atoms. The number of hydrogen-bond acceptors (Lipinski definition) is 2. The Balaban J connectivity index is 2.26. The fourth-order valence-corrected chi connectivity index (χ4v) is 2.13. The highest BCUT2D eigenvalue weighted by atomic mass is 16.5. The molecule has 96 valence electrons. The van der Waals surface area contributed by atoms with Crippen LogP contribution < -0.4 is 10.1 Å². The summed E-state index contributed by atoms with van der Waals surface area (Å²) in [6, 6.07) is 12.7. The lowest BCUT2D eigenvalue weighted by atomic mass is 10.2. The Labute approximate surface area is 108 Å². The molecule has 1 aromatic heterocycles. The van der Waals surface area contributed by atoms with Crippen molar-refractivity contribution >= 4 is 0 Å². The predicted octanol–water partition coefficient (Wildman–Crippen LogP) is 2.83. The van der Waals surface area contributed by atoms with E-state index in [1.165, 1.54) is 11.3 Å². The quantitative estimate of drug-likeness (QED) is 0.875. The highest BCUT2D eigenvalue weighted by Crippen LogP contribution is 2.21. The van der Waals surface area contributed by atoms with E-state index in [2.05, 4.69) is 41.2 Å². The van der Waals surface area contributed by atoms with Crippen LogP contribution in [0, 0.1) is 0 Å². The Hall–Kier alpha value is -1.74. The van der Waals surface area contributed by atoms with Crippen molar-refractivity contribution in [1.29, 1.82) is 0 Å². The topological polar surface area (TPSA) is 26.2 Å². The maximum Gasteiger partial charge on any atom is 0.123 e. The fourth-order valence-electron chi connectivity index (χ4n) is 2.13. The van der Waals surface area contributed by atoms with Gasteiger partial charge in [-0.2, -0.15) is 0 Å². The summed E-state index contributed by atoms with van der Waals surface area (Å²) >= 11 is 0. The molecule has 1 atom stereocenters. The van der Waals surface area contributed by atoms with Gasteiger partial charge in [-0.3, -0.25) is 0 Å². The van der Waals surface area contributed by atoms with Crippen LogP contribution in [0.5, 0.6) is 5.75 Å². The van der Waals surface area contributed by atoms with E-state index in [0.29, 0.717) is 6.04 Å². The number of para-hydroxylation sites is 1. The molecule has 3 heteroatoms. The Morgan fingerprint density at radius 3 is 2.72 bits per heavy atom. The molecule has 1 unspecified atom stereocenters. The van der Waals surface area contributed by atoms with Gasteiger partial charge in [0.15, 0.2) is 0 Å².